The Morgan fingerprint density at radius 2 is 1.56 bits per heavy atom. The zero-order chi connectivity index (χ0) is 23.3. The lowest BCUT2D eigenvalue weighted by molar-refractivity contribution is -0.117. The van der Waals surface area contributed by atoms with Crippen LogP contribution in [-0.4, -0.2) is 72.1 Å². The molecule has 170 valence electrons. The quantitative estimate of drug-likeness (QED) is 0.243. The predicted octanol–water partition coefficient (Wildman–Crippen LogP) is -0.194. The van der Waals surface area contributed by atoms with Crippen molar-refractivity contribution in [2.24, 2.45) is 0 Å². The molecule has 3 aromatic rings. The maximum absolute atomic E-state index is 13.2. The molecule has 12 nitrogen and oxygen atoms in total. The van der Waals surface area contributed by atoms with Crippen LogP contribution >= 0.6 is 0 Å². The Labute approximate surface area is 178 Å². The van der Waals surface area contributed by atoms with Crippen molar-refractivity contribution in [3.63, 3.8) is 0 Å². The predicted molar refractivity (Wildman–Crippen MR) is 105 cm³/mol. The molecule has 1 saturated heterocycles. The third kappa shape index (κ3) is 3.40. The number of benzene rings is 2. The van der Waals surface area contributed by atoms with Crippen LogP contribution in [0.2, 0.25) is 0 Å². The zero-order valence-electron chi connectivity index (χ0n) is 16.0. The van der Waals surface area contributed by atoms with Gasteiger partial charge in [0.15, 0.2) is 23.0 Å². The summed E-state index contributed by atoms with van der Waals surface area (Å²) in [6, 6.07) is 3.78. The fourth-order valence-electron chi connectivity index (χ4n) is 3.38. The van der Waals surface area contributed by atoms with Crippen molar-refractivity contribution >= 4 is 11.0 Å². The highest BCUT2D eigenvalue weighted by Crippen LogP contribution is 2.43. The lowest BCUT2D eigenvalue weighted by atomic mass is 10.1. The van der Waals surface area contributed by atoms with Crippen molar-refractivity contribution in [1.82, 2.24) is 0 Å². The standard InChI is InChI=1S/C20H18O12/c21-5-12-15(27)17(29)20(31-12)32-19-16(28)13-8(23)3-7(22)4-11(13)30-18(19)6-1-9(24)14(26)10(25)2-6/h1-4,12,15,17,20-27,29H,5H2/t12-,15+,17+,20+/m1/s1. The van der Waals surface area contributed by atoms with E-state index in [9.17, 15) is 45.6 Å². The third-order valence-electron chi connectivity index (χ3n) is 4.98. The third-order valence-corrected chi connectivity index (χ3v) is 4.98. The van der Waals surface area contributed by atoms with Crippen LogP contribution in [0.1, 0.15) is 0 Å². The van der Waals surface area contributed by atoms with Crippen molar-refractivity contribution in [2.45, 2.75) is 24.6 Å². The van der Waals surface area contributed by atoms with Gasteiger partial charge in [-0.15, -0.1) is 0 Å². The number of aliphatic hydroxyl groups excluding tert-OH is 3. The van der Waals surface area contributed by atoms with Crippen LogP contribution in [0.5, 0.6) is 34.5 Å². The molecule has 4 rings (SSSR count). The molecule has 0 saturated carbocycles. The molecule has 1 aromatic heterocycles. The van der Waals surface area contributed by atoms with Crippen LogP contribution in [-0.2, 0) is 4.74 Å². The molecule has 1 aliphatic rings. The normalized spacial score (nSPS) is 23.0. The van der Waals surface area contributed by atoms with Crippen LogP contribution in [0, 0.1) is 0 Å². The largest absolute Gasteiger partial charge is 0.508 e. The summed E-state index contributed by atoms with van der Waals surface area (Å²) >= 11 is 0. The monoisotopic (exact) mass is 450 g/mol. The summed E-state index contributed by atoms with van der Waals surface area (Å²) in [4.78, 5) is 13.2. The number of phenolic OH excluding ortho intramolecular Hbond substituents is 5. The molecule has 0 bridgehead atoms. The van der Waals surface area contributed by atoms with Gasteiger partial charge in [0.1, 0.15) is 40.8 Å². The van der Waals surface area contributed by atoms with Gasteiger partial charge in [0.25, 0.3) is 0 Å². The summed E-state index contributed by atoms with van der Waals surface area (Å²) in [6.45, 7) is -0.656. The van der Waals surface area contributed by atoms with Gasteiger partial charge < -0.3 is 54.7 Å². The Morgan fingerprint density at radius 1 is 0.906 bits per heavy atom. The summed E-state index contributed by atoms with van der Waals surface area (Å²) in [5.74, 6) is -4.53. The molecular weight excluding hydrogens is 432 g/mol. The average Bonchev–Trinajstić information content (AvgIpc) is 3.00. The molecule has 8 N–H and O–H groups in total. The molecule has 2 aromatic carbocycles. The number of fused-ring (bicyclic) bond motifs is 1. The van der Waals surface area contributed by atoms with Gasteiger partial charge in [-0.25, -0.2) is 0 Å². The lowest BCUT2D eigenvalue weighted by Gasteiger charge is -2.19. The van der Waals surface area contributed by atoms with Gasteiger partial charge in [0, 0.05) is 17.7 Å². The summed E-state index contributed by atoms with van der Waals surface area (Å²) in [6.07, 6.45) is -6.06. The van der Waals surface area contributed by atoms with Gasteiger partial charge in [0.05, 0.1) is 6.61 Å². The van der Waals surface area contributed by atoms with E-state index in [0.29, 0.717) is 0 Å². The van der Waals surface area contributed by atoms with Crippen LogP contribution in [0.4, 0.5) is 0 Å². The van der Waals surface area contributed by atoms with Crippen molar-refractivity contribution in [3.8, 4) is 45.8 Å². The number of aliphatic hydroxyl groups is 3. The Kier molecular flexibility index (Phi) is 5.22. The van der Waals surface area contributed by atoms with Gasteiger partial charge in [-0.2, -0.15) is 0 Å². The van der Waals surface area contributed by atoms with Crippen LogP contribution < -0.4 is 10.2 Å². The molecule has 0 unspecified atom stereocenters. The van der Waals surface area contributed by atoms with Gasteiger partial charge in [-0.3, -0.25) is 4.79 Å². The van der Waals surface area contributed by atoms with Gasteiger partial charge >= 0.3 is 0 Å². The first kappa shape index (κ1) is 21.5. The van der Waals surface area contributed by atoms with Crippen LogP contribution in [0.15, 0.2) is 33.5 Å². The Morgan fingerprint density at radius 3 is 2.16 bits per heavy atom. The molecule has 1 aliphatic heterocycles. The van der Waals surface area contributed by atoms with E-state index >= 15 is 0 Å². The molecule has 0 amide bonds. The molecule has 0 spiro atoms. The Balaban J connectivity index is 1.95. The topological polar surface area (TPSA) is 211 Å². The second-order valence-electron chi connectivity index (χ2n) is 7.12. The summed E-state index contributed by atoms with van der Waals surface area (Å²) in [7, 11) is 0. The van der Waals surface area contributed by atoms with E-state index < -0.39 is 82.3 Å². The maximum Gasteiger partial charge on any atom is 0.239 e. The number of rotatable bonds is 4. The van der Waals surface area contributed by atoms with Crippen molar-refractivity contribution in [2.75, 3.05) is 6.61 Å². The molecule has 2 heterocycles. The number of hydrogen-bond donors (Lipinski definition) is 8. The molecule has 4 atom stereocenters. The number of ether oxygens (including phenoxy) is 2. The Bertz CT molecular complexity index is 1230. The van der Waals surface area contributed by atoms with E-state index in [-0.39, 0.29) is 11.1 Å². The first-order valence-electron chi connectivity index (χ1n) is 9.19. The van der Waals surface area contributed by atoms with Crippen LogP contribution in [0.3, 0.4) is 0 Å². The summed E-state index contributed by atoms with van der Waals surface area (Å²) < 4.78 is 16.3. The van der Waals surface area contributed by atoms with Gasteiger partial charge in [-0.05, 0) is 12.1 Å². The van der Waals surface area contributed by atoms with E-state index in [0.717, 1.165) is 24.3 Å². The number of hydrogen-bond acceptors (Lipinski definition) is 12. The summed E-state index contributed by atoms with van der Waals surface area (Å²) in [5.41, 5.74) is -1.44. The molecule has 12 heteroatoms. The second kappa shape index (κ2) is 7.76. The fourth-order valence-corrected chi connectivity index (χ4v) is 3.38. The molecule has 1 fully saturated rings. The average molecular weight is 450 g/mol. The molecular formula is C20H18O12. The zero-order valence-corrected chi connectivity index (χ0v) is 16.0. The lowest BCUT2D eigenvalue weighted by Crippen LogP contribution is -2.36. The van der Waals surface area contributed by atoms with Crippen molar-refractivity contribution in [3.05, 3.63) is 34.5 Å². The van der Waals surface area contributed by atoms with Crippen LogP contribution in [0.25, 0.3) is 22.3 Å². The highest BCUT2D eigenvalue weighted by molar-refractivity contribution is 5.88. The molecule has 0 aliphatic carbocycles. The Hall–Kier alpha value is -3.71. The van der Waals surface area contributed by atoms with E-state index in [1.165, 1.54) is 0 Å². The van der Waals surface area contributed by atoms with Crippen molar-refractivity contribution < 1.29 is 54.7 Å². The van der Waals surface area contributed by atoms with E-state index in [1.54, 1.807) is 0 Å². The smallest absolute Gasteiger partial charge is 0.239 e. The fraction of sp³-hybridized carbons (Fsp3) is 0.250. The van der Waals surface area contributed by atoms with Crippen molar-refractivity contribution in [1.29, 1.82) is 0 Å². The number of aromatic hydroxyl groups is 5. The maximum atomic E-state index is 13.2. The first-order valence-corrected chi connectivity index (χ1v) is 9.19. The van der Waals surface area contributed by atoms with Gasteiger partial charge in [0.2, 0.25) is 17.5 Å². The highest BCUT2D eigenvalue weighted by Gasteiger charge is 2.44. The molecule has 0 radical (unpaired) electrons. The van der Waals surface area contributed by atoms with Gasteiger partial charge in [-0.1, -0.05) is 0 Å². The first-order chi connectivity index (χ1) is 15.1. The number of phenols is 5. The minimum atomic E-state index is -1.68. The summed E-state index contributed by atoms with van der Waals surface area (Å²) in [5, 5.41) is 78.1. The molecule has 32 heavy (non-hydrogen) atoms. The minimum absolute atomic E-state index is 0.165. The van der Waals surface area contributed by atoms with E-state index in [2.05, 4.69) is 0 Å². The van der Waals surface area contributed by atoms with E-state index in [1.807, 2.05) is 0 Å². The minimum Gasteiger partial charge on any atom is -0.508 e. The second-order valence-corrected chi connectivity index (χ2v) is 7.12. The SMILES string of the molecule is O=c1c(O[C@@H]2O[C@H](CO)[C@H](O)[C@@H]2O)c(-c2cc(O)c(O)c(O)c2)oc2cc(O)cc(O)c12. The highest BCUT2D eigenvalue weighted by atomic mass is 16.7. The van der Waals surface area contributed by atoms with E-state index in [4.69, 9.17) is 13.9 Å².